The van der Waals surface area contributed by atoms with Crippen molar-refractivity contribution < 1.29 is 14.7 Å². The summed E-state index contributed by atoms with van der Waals surface area (Å²) in [6.07, 6.45) is 8.08. The molecule has 0 aromatic heterocycles. The number of nitrogens with zero attached hydrogens (tertiary/aromatic N) is 1. The Kier molecular flexibility index (Phi) is 6.54. The van der Waals surface area contributed by atoms with E-state index in [1.807, 2.05) is 0 Å². The summed E-state index contributed by atoms with van der Waals surface area (Å²) in [6, 6.07) is -0.0360. The third-order valence-electron chi connectivity index (χ3n) is 3.43. The van der Waals surface area contributed by atoms with E-state index in [4.69, 9.17) is 5.11 Å². The second-order valence-electron chi connectivity index (χ2n) is 4.90. The molecule has 1 rings (SSSR count). The molecule has 18 heavy (non-hydrogen) atoms. The molecule has 1 saturated carbocycles. The van der Waals surface area contributed by atoms with Crippen LogP contribution in [-0.2, 0) is 4.79 Å². The van der Waals surface area contributed by atoms with Crippen LogP contribution in [0.3, 0.4) is 0 Å². The van der Waals surface area contributed by atoms with Gasteiger partial charge in [-0.15, -0.1) is 0 Å². The second-order valence-corrected chi connectivity index (χ2v) is 4.90. The largest absolute Gasteiger partial charge is 0.480 e. The topological polar surface area (TPSA) is 69.6 Å². The van der Waals surface area contributed by atoms with Crippen LogP contribution in [0, 0.1) is 0 Å². The number of nitrogens with one attached hydrogen (secondary N) is 1. The molecule has 0 heterocycles. The van der Waals surface area contributed by atoms with Crippen molar-refractivity contribution in [2.24, 2.45) is 0 Å². The molecule has 2 amide bonds. The number of carbonyl (C=O) groups excluding carboxylic acids is 1. The minimum absolute atomic E-state index is 0.209. The van der Waals surface area contributed by atoms with Crippen LogP contribution in [0.15, 0.2) is 0 Å². The summed E-state index contributed by atoms with van der Waals surface area (Å²) in [6.45, 7) is 1.99. The van der Waals surface area contributed by atoms with Gasteiger partial charge in [0.2, 0.25) is 0 Å². The lowest BCUT2D eigenvalue weighted by atomic mass is 9.97. The Labute approximate surface area is 109 Å². The fourth-order valence-corrected chi connectivity index (χ4v) is 2.36. The van der Waals surface area contributed by atoms with Crippen LogP contribution in [0.2, 0.25) is 0 Å². The van der Waals surface area contributed by atoms with Crippen molar-refractivity contribution in [3.8, 4) is 0 Å². The summed E-state index contributed by atoms with van der Waals surface area (Å²) in [5.41, 5.74) is 0. The van der Waals surface area contributed by atoms with Crippen LogP contribution in [-0.4, -0.2) is 41.1 Å². The number of amides is 2. The van der Waals surface area contributed by atoms with E-state index in [1.54, 1.807) is 6.92 Å². The Morgan fingerprint density at radius 3 is 2.22 bits per heavy atom. The first-order valence-corrected chi connectivity index (χ1v) is 6.90. The fraction of sp³-hybridized carbons (Fsp3) is 0.846. The van der Waals surface area contributed by atoms with Crippen molar-refractivity contribution in [2.45, 2.75) is 57.9 Å². The minimum atomic E-state index is -0.968. The average Bonchev–Trinajstić information content (AvgIpc) is 2.28. The highest BCUT2D eigenvalue weighted by molar-refractivity contribution is 5.80. The van der Waals surface area contributed by atoms with Crippen molar-refractivity contribution in [1.29, 1.82) is 0 Å². The molecule has 0 radical (unpaired) electrons. The maximum Gasteiger partial charge on any atom is 0.323 e. The Morgan fingerprint density at radius 1 is 1.17 bits per heavy atom. The molecule has 0 saturated heterocycles. The molecule has 0 spiro atoms. The Hall–Kier alpha value is -1.26. The van der Waals surface area contributed by atoms with Crippen LogP contribution in [0.25, 0.3) is 0 Å². The summed E-state index contributed by atoms with van der Waals surface area (Å²) in [5, 5.41) is 11.7. The van der Waals surface area contributed by atoms with Crippen molar-refractivity contribution in [3.05, 3.63) is 0 Å². The Balaban J connectivity index is 2.42. The van der Waals surface area contributed by atoms with Crippen molar-refractivity contribution in [1.82, 2.24) is 10.2 Å². The molecule has 0 aromatic carbocycles. The maximum absolute atomic E-state index is 11.9. The van der Waals surface area contributed by atoms with Crippen molar-refractivity contribution >= 4 is 12.0 Å². The van der Waals surface area contributed by atoms with E-state index in [-0.39, 0.29) is 18.6 Å². The molecule has 0 atom stereocenters. The highest BCUT2D eigenvalue weighted by atomic mass is 16.4. The van der Waals surface area contributed by atoms with Gasteiger partial charge in [-0.1, -0.05) is 32.1 Å². The molecule has 1 fully saturated rings. The third-order valence-corrected chi connectivity index (χ3v) is 3.43. The standard InChI is InChI=1S/C13H24N2O3/c1-2-15(10-12(16)17)13(18)14-11-8-6-4-3-5-7-9-11/h11H,2-10H2,1H3,(H,14,18)(H,16,17). The third kappa shape index (κ3) is 5.38. The van der Waals surface area contributed by atoms with Gasteiger partial charge in [-0.2, -0.15) is 0 Å². The van der Waals surface area contributed by atoms with Gasteiger partial charge in [0, 0.05) is 12.6 Å². The Bertz CT molecular complexity index is 273. The average molecular weight is 256 g/mol. The van der Waals surface area contributed by atoms with Gasteiger partial charge in [0.05, 0.1) is 0 Å². The second kappa shape index (κ2) is 7.95. The van der Waals surface area contributed by atoms with Gasteiger partial charge < -0.3 is 15.3 Å². The molecule has 104 valence electrons. The van der Waals surface area contributed by atoms with Gasteiger partial charge in [-0.05, 0) is 19.8 Å². The van der Waals surface area contributed by atoms with Gasteiger partial charge >= 0.3 is 12.0 Å². The number of likely N-dealkylation sites (N-methyl/N-ethyl adjacent to an activating group) is 1. The van der Waals surface area contributed by atoms with E-state index in [0.29, 0.717) is 6.54 Å². The van der Waals surface area contributed by atoms with E-state index in [0.717, 1.165) is 25.7 Å². The molecule has 1 aliphatic carbocycles. The van der Waals surface area contributed by atoms with E-state index in [9.17, 15) is 9.59 Å². The Morgan fingerprint density at radius 2 is 1.72 bits per heavy atom. The number of carboxylic acids is 1. The number of aliphatic carboxylic acids is 1. The zero-order valence-electron chi connectivity index (χ0n) is 11.2. The predicted molar refractivity (Wildman–Crippen MR) is 69.5 cm³/mol. The molecule has 1 aliphatic rings. The highest BCUT2D eigenvalue weighted by Crippen LogP contribution is 2.17. The van der Waals surface area contributed by atoms with Crippen molar-refractivity contribution in [3.63, 3.8) is 0 Å². The first-order chi connectivity index (χ1) is 8.63. The number of hydrogen-bond acceptors (Lipinski definition) is 2. The summed E-state index contributed by atoms with van der Waals surface area (Å²) in [4.78, 5) is 23.9. The number of carboxylic acid groups (broad SMARTS) is 1. The van der Waals surface area contributed by atoms with Crippen LogP contribution >= 0.6 is 0 Å². The van der Waals surface area contributed by atoms with E-state index >= 15 is 0 Å². The van der Waals surface area contributed by atoms with Gasteiger partial charge in [0.25, 0.3) is 0 Å². The van der Waals surface area contributed by atoms with Gasteiger partial charge in [0.1, 0.15) is 6.54 Å². The maximum atomic E-state index is 11.9. The van der Waals surface area contributed by atoms with Gasteiger partial charge in [0.15, 0.2) is 0 Å². The molecular weight excluding hydrogens is 232 g/mol. The smallest absolute Gasteiger partial charge is 0.323 e. The van der Waals surface area contributed by atoms with E-state index < -0.39 is 5.97 Å². The molecule has 0 bridgehead atoms. The predicted octanol–water partition coefficient (Wildman–Crippen LogP) is 2.22. The molecule has 0 aliphatic heterocycles. The quantitative estimate of drug-likeness (QED) is 0.810. The normalized spacial score (nSPS) is 17.6. The number of rotatable bonds is 4. The summed E-state index contributed by atoms with van der Waals surface area (Å²) in [7, 11) is 0. The molecular formula is C13H24N2O3. The SMILES string of the molecule is CCN(CC(=O)O)C(=O)NC1CCCCCCC1. The molecule has 0 aromatic rings. The first kappa shape index (κ1) is 14.8. The molecule has 2 N–H and O–H groups in total. The summed E-state index contributed by atoms with van der Waals surface area (Å²) >= 11 is 0. The highest BCUT2D eigenvalue weighted by Gasteiger charge is 2.19. The lowest BCUT2D eigenvalue weighted by Gasteiger charge is -2.25. The van der Waals surface area contributed by atoms with Crippen LogP contribution in [0.5, 0.6) is 0 Å². The number of hydrogen-bond donors (Lipinski definition) is 2. The fourth-order valence-electron chi connectivity index (χ4n) is 2.36. The lowest BCUT2D eigenvalue weighted by Crippen LogP contribution is -2.46. The van der Waals surface area contributed by atoms with Crippen LogP contribution in [0.4, 0.5) is 4.79 Å². The monoisotopic (exact) mass is 256 g/mol. The lowest BCUT2D eigenvalue weighted by molar-refractivity contribution is -0.137. The summed E-state index contributed by atoms with van der Waals surface area (Å²) in [5.74, 6) is -0.968. The van der Waals surface area contributed by atoms with E-state index in [2.05, 4.69) is 5.32 Å². The van der Waals surface area contributed by atoms with Crippen LogP contribution in [0.1, 0.15) is 51.9 Å². The van der Waals surface area contributed by atoms with Crippen molar-refractivity contribution in [2.75, 3.05) is 13.1 Å². The first-order valence-electron chi connectivity index (χ1n) is 6.90. The zero-order valence-corrected chi connectivity index (χ0v) is 11.2. The summed E-state index contributed by atoms with van der Waals surface area (Å²) < 4.78 is 0. The molecule has 0 unspecified atom stereocenters. The molecule has 5 heteroatoms. The minimum Gasteiger partial charge on any atom is -0.480 e. The van der Waals surface area contributed by atoms with Gasteiger partial charge in [-0.25, -0.2) is 4.79 Å². The zero-order chi connectivity index (χ0) is 13.4. The number of carbonyl (C=O) groups is 2. The van der Waals surface area contributed by atoms with Gasteiger partial charge in [-0.3, -0.25) is 4.79 Å². The van der Waals surface area contributed by atoms with Crippen LogP contribution < -0.4 is 5.32 Å². The van der Waals surface area contributed by atoms with E-state index in [1.165, 1.54) is 24.2 Å². The molecule has 5 nitrogen and oxygen atoms in total. The number of urea groups is 1.